The Hall–Kier alpha value is -3.21. The lowest BCUT2D eigenvalue weighted by Crippen LogP contribution is -2.10. The Kier molecular flexibility index (Phi) is 2.66. The summed E-state index contributed by atoms with van der Waals surface area (Å²) in [6.45, 7) is 0. The number of aldehydes is 1. The molecule has 106 valence electrons. The summed E-state index contributed by atoms with van der Waals surface area (Å²) in [5.74, 6) is 0.363. The number of fused-ring (bicyclic) bond motifs is 2. The molecule has 0 radical (unpaired) electrons. The van der Waals surface area contributed by atoms with Crippen LogP contribution in [0.3, 0.4) is 0 Å². The molecule has 0 bridgehead atoms. The predicted molar refractivity (Wildman–Crippen MR) is 85.0 cm³/mol. The molecule has 0 atom stereocenters. The molecule has 2 aromatic carbocycles. The van der Waals surface area contributed by atoms with Gasteiger partial charge in [-0.15, -0.1) is 0 Å². The van der Waals surface area contributed by atoms with Crippen LogP contribution >= 0.6 is 0 Å². The lowest BCUT2D eigenvalue weighted by molar-refractivity contribution is 0.112. The van der Waals surface area contributed by atoms with Crippen molar-refractivity contribution in [3.8, 4) is 11.5 Å². The minimum Gasteiger partial charge on any atom is -0.351 e. The monoisotopic (exact) mass is 289 g/mol. The summed E-state index contributed by atoms with van der Waals surface area (Å²) in [5, 5.41) is 1.33. The second-order valence-corrected chi connectivity index (χ2v) is 5.01. The molecule has 2 heterocycles. The zero-order valence-corrected chi connectivity index (χ0v) is 11.5. The Morgan fingerprint density at radius 1 is 0.909 bits per heavy atom. The fourth-order valence-corrected chi connectivity index (χ4v) is 2.68. The van der Waals surface area contributed by atoms with E-state index in [1.165, 1.54) is 0 Å². The molecule has 0 amide bonds. The minimum absolute atomic E-state index is 0.226. The van der Waals surface area contributed by atoms with Gasteiger partial charge in [-0.2, -0.15) is 0 Å². The second kappa shape index (κ2) is 4.66. The molecular weight excluding hydrogens is 278 g/mol. The van der Waals surface area contributed by atoms with Crippen molar-refractivity contribution in [1.29, 1.82) is 0 Å². The average Bonchev–Trinajstić information content (AvgIpc) is 2.93. The minimum atomic E-state index is -0.226. The number of rotatable bonds is 2. The number of nitrogens with one attached hydrogen (secondary N) is 2. The standard InChI is InChI=1S/C17H11N3O2/c21-9-12-10-5-1-3-7-13(10)18-15(12)16-19-14-8-4-2-6-11(14)17(22)20-16/h1-9,18H,(H,19,20,22). The summed E-state index contributed by atoms with van der Waals surface area (Å²) in [4.78, 5) is 34.0. The largest absolute Gasteiger partial charge is 0.351 e. The van der Waals surface area contributed by atoms with Crippen LogP contribution in [0.15, 0.2) is 53.3 Å². The van der Waals surface area contributed by atoms with Crippen molar-refractivity contribution in [2.75, 3.05) is 0 Å². The molecule has 2 aromatic heterocycles. The van der Waals surface area contributed by atoms with Gasteiger partial charge in [0.2, 0.25) is 0 Å². The van der Waals surface area contributed by atoms with Crippen LogP contribution in [0.2, 0.25) is 0 Å². The molecule has 0 fully saturated rings. The van der Waals surface area contributed by atoms with E-state index in [1.54, 1.807) is 18.2 Å². The van der Waals surface area contributed by atoms with Gasteiger partial charge in [-0.25, -0.2) is 4.98 Å². The number of carbonyl (C=O) groups excluding carboxylic acids is 1. The Balaban J connectivity index is 2.07. The number of hydrogen-bond donors (Lipinski definition) is 2. The number of H-pyrrole nitrogens is 2. The fraction of sp³-hybridized carbons (Fsp3) is 0. The fourth-order valence-electron chi connectivity index (χ4n) is 2.68. The quantitative estimate of drug-likeness (QED) is 0.557. The van der Waals surface area contributed by atoms with Crippen molar-refractivity contribution in [3.05, 3.63) is 64.4 Å². The van der Waals surface area contributed by atoms with E-state index in [1.807, 2.05) is 30.3 Å². The van der Waals surface area contributed by atoms with Gasteiger partial charge in [0, 0.05) is 10.9 Å². The summed E-state index contributed by atoms with van der Waals surface area (Å²) in [6, 6.07) is 14.6. The summed E-state index contributed by atoms with van der Waals surface area (Å²) >= 11 is 0. The first-order valence-electron chi connectivity index (χ1n) is 6.83. The van der Waals surface area contributed by atoms with E-state index in [9.17, 15) is 9.59 Å². The van der Waals surface area contributed by atoms with E-state index in [0.29, 0.717) is 28.0 Å². The van der Waals surface area contributed by atoms with Gasteiger partial charge >= 0.3 is 0 Å². The van der Waals surface area contributed by atoms with Gasteiger partial charge in [0.05, 0.1) is 22.2 Å². The predicted octanol–water partition coefficient (Wildman–Crippen LogP) is 2.88. The van der Waals surface area contributed by atoms with Crippen molar-refractivity contribution in [2.45, 2.75) is 0 Å². The third-order valence-corrected chi connectivity index (χ3v) is 3.71. The average molecular weight is 289 g/mol. The van der Waals surface area contributed by atoms with Gasteiger partial charge in [-0.3, -0.25) is 9.59 Å². The van der Waals surface area contributed by atoms with Crippen molar-refractivity contribution in [3.63, 3.8) is 0 Å². The SMILES string of the molecule is O=Cc1c(-c2nc3ccccc3c(=O)[nH]2)[nH]c2ccccc12. The van der Waals surface area contributed by atoms with Crippen LogP contribution in [0.25, 0.3) is 33.3 Å². The molecule has 0 saturated heterocycles. The van der Waals surface area contributed by atoms with Crippen LogP contribution in [-0.2, 0) is 0 Å². The Labute approximate surface area is 124 Å². The smallest absolute Gasteiger partial charge is 0.259 e. The van der Waals surface area contributed by atoms with Crippen molar-refractivity contribution < 1.29 is 4.79 Å². The molecular formula is C17H11N3O2. The van der Waals surface area contributed by atoms with Gasteiger partial charge in [0.15, 0.2) is 12.1 Å². The van der Waals surface area contributed by atoms with Crippen molar-refractivity contribution in [2.24, 2.45) is 0 Å². The maximum Gasteiger partial charge on any atom is 0.259 e. The number of aromatic nitrogens is 3. The number of nitrogens with zero attached hydrogens (tertiary/aromatic N) is 1. The maximum atomic E-state index is 12.2. The van der Waals surface area contributed by atoms with E-state index in [0.717, 1.165) is 17.2 Å². The number of benzene rings is 2. The Bertz CT molecular complexity index is 1080. The van der Waals surface area contributed by atoms with Crippen LogP contribution in [0, 0.1) is 0 Å². The van der Waals surface area contributed by atoms with Crippen LogP contribution in [0.4, 0.5) is 0 Å². The first-order valence-corrected chi connectivity index (χ1v) is 6.83. The molecule has 4 rings (SSSR count). The number of carbonyl (C=O) groups is 1. The Morgan fingerprint density at radius 2 is 1.64 bits per heavy atom. The molecule has 4 aromatic rings. The van der Waals surface area contributed by atoms with E-state index in [4.69, 9.17) is 0 Å². The van der Waals surface area contributed by atoms with Crippen LogP contribution in [-0.4, -0.2) is 21.2 Å². The van der Waals surface area contributed by atoms with Crippen molar-refractivity contribution >= 4 is 28.1 Å². The molecule has 5 heteroatoms. The van der Waals surface area contributed by atoms with E-state index in [-0.39, 0.29) is 5.56 Å². The highest BCUT2D eigenvalue weighted by atomic mass is 16.1. The van der Waals surface area contributed by atoms with Gasteiger partial charge < -0.3 is 9.97 Å². The zero-order chi connectivity index (χ0) is 15.1. The molecule has 0 aliphatic rings. The van der Waals surface area contributed by atoms with Crippen LogP contribution < -0.4 is 5.56 Å². The summed E-state index contributed by atoms with van der Waals surface area (Å²) < 4.78 is 0. The maximum absolute atomic E-state index is 12.2. The van der Waals surface area contributed by atoms with E-state index >= 15 is 0 Å². The number of para-hydroxylation sites is 2. The number of aromatic amines is 2. The first-order chi connectivity index (χ1) is 10.8. The molecule has 0 spiro atoms. The normalized spacial score (nSPS) is 11.1. The van der Waals surface area contributed by atoms with Crippen molar-refractivity contribution in [1.82, 2.24) is 15.0 Å². The van der Waals surface area contributed by atoms with E-state index in [2.05, 4.69) is 15.0 Å². The highest BCUT2D eigenvalue weighted by Gasteiger charge is 2.15. The number of hydrogen-bond acceptors (Lipinski definition) is 3. The molecule has 0 aliphatic heterocycles. The summed E-state index contributed by atoms with van der Waals surface area (Å²) in [7, 11) is 0. The lowest BCUT2D eigenvalue weighted by Gasteiger charge is -2.02. The molecule has 5 nitrogen and oxygen atoms in total. The third kappa shape index (κ3) is 1.76. The second-order valence-electron chi connectivity index (χ2n) is 5.01. The highest BCUT2D eigenvalue weighted by Crippen LogP contribution is 2.27. The summed E-state index contributed by atoms with van der Waals surface area (Å²) in [5.41, 5.74) is 2.22. The van der Waals surface area contributed by atoms with Gasteiger partial charge in [0.25, 0.3) is 5.56 Å². The zero-order valence-electron chi connectivity index (χ0n) is 11.5. The topological polar surface area (TPSA) is 78.6 Å². The Morgan fingerprint density at radius 3 is 2.45 bits per heavy atom. The molecule has 0 unspecified atom stereocenters. The lowest BCUT2D eigenvalue weighted by atomic mass is 10.1. The van der Waals surface area contributed by atoms with Gasteiger partial charge in [-0.05, 0) is 18.2 Å². The molecule has 2 N–H and O–H groups in total. The summed E-state index contributed by atoms with van der Waals surface area (Å²) in [6.07, 6.45) is 0.781. The first kappa shape index (κ1) is 12.5. The highest BCUT2D eigenvalue weighted by molar-refractivity contribution is 6.03. The van der Waals surface area contributed by atoms with Gasteiger partial charge in [-0.1, -0.05) is 30.3 Å². The van der Waals surface area contributed by atoms with Gasteiger partial charge in [0.1, 0.15) is 0 Å². The van der Waals surface area contributed by atoms with Crippen LogP contribution in [0.5, 0.6) is 0 Å². The molecule has 22 heavy (non-hydrogen) atoms. The molecule has 0 aliphatic carbocycles. The third-order valence-electron chi connectivity index (χ3n) is 3.71. The van der Waals surface area contributed by atoms with Crippen LogP contribution in [0.1, 0.15) is 10.4 Å². The molecule has 0 saturated carbocycles. The van der Waals surface area contributed by atoms with E-state index < -0.39 is 0 Å².